The van der Waals surface area contributed by atoms with Gasteiger partial charge in [-0.15, -0.1) is 0 Å². The molecule has 1 heterocycles. The number of nitrogens with two attached hydrogens (primary N) is 1. The van der Waals surface area contributed by atoms with E-state index in [1.54, 1.807) is 0 Å². The largest absolute Gasteiger partial charge is 0.465 e. The number of esters is 1. The first kappa shape index (κ1) is 21.1. The summed E-state index contributed by atoms with van der Waals surface area (Å²) in [6.07, 6.45) is 0. The van der Waals surface area contributed by atoms with Gasteiger partial charge in [-0.1, -0.05) is 30.2 Å². The second-order valence-corrected chi connectivity index (χ2v) is 8.53. The molecule has 1 aromatic heterocycles. The van der Waals surface area contributed by atoms with E-state index in [1.165, 1.54) is 22.3 Å². The Morgan fingerprint density at radius 2 is 1.79 bits per heavy atom. The molecule has 3 aromatic rings. The van der Waals surface area contributed by atoms with Gasteiger partial charge in [0.05, 0.1) is 17.7 Å². The number of H-pyrrole nitrogens is 1. The Kier molecular flexibility index (Phi) is 5.85. The Labute approximate surface area is 173 Å². The van der Waals surface area contributed by atoms with Gasteiger partial charge in [0.1, 0.15) is 0 Å². The number of ether oxygens (including phenoxy) is 1. The van der Waals surface area contributed by atoms with Gasteiger partial charge in [-0.25, -0.2) is 0 Å². The quantitative estimate of drug-likeness (QED) is 0.555. The van der Waals surface area contributed by atoms with E-state index in [4.69, 9.17) is 10.5 Å². The molecule has 0 saturated carbocycles. The molecular formula is C25H32N2O2. The number of aromatic nitrogens is 1. The number of rotatable bonds is 6. The molecule has 1 atom stereocenters. The summed E-state index contributed by atoms with van der Waals surface area (Å²) in [5, 5.41) is 1.12. The molecule has 0 spiro atoms. The van der Waals surface area contributed by atoms with Crippen LogP contribution in [0.15, 0.2) is 36.4 Å². The first-order valence-corrected chi connectivity index (χ1v) is 10.3. The normalized spacial score (nSPS) is 12.9. The highest BCUT2D eigenvalue weighted by molar-refractivity contribution is 5.93. The van der Waals surface area contributed by atoms with E-state index in [1.807, 2.05) is 26.8 Å². The lowest BCUT2D eigenvalue weighted by atomic mass is 9.83. The predicted octanol–water partition coefficient (Wildman–Crippen LogP) is 5.35. The molecule has 0 radical (unpaired) electrons. The molecule has 2 aromatic carbocycles. The van der Waals surface area contributed by atoms with Gasteiger partial charge < -0.3 is 15.5 Å². The zero-order chi connectivity index (χ0) is 21.3. The van der Waals surface area contributed by atoms with Crippen LogP contribution in [0.3, 0.4) is 0 Å². The maximum Gasteiger partial charge on any atom is 0.315 e. The first-order chi connectivity index (χ1) is 13.7. The molecule has 0 aliphatic heterocycles. The van der Waals surface area contributed by atoms with Gasteiger partial charge in [-0.05, 0) is 88.0 Å². The third-order valence-electron chi connectivity index (χ3n) is 5.70. The molecule has 0 bridgehead atoms. The molecule has 0 fully saturated rings. The molecular weight excluding hydrogens is 360 g/mol. The van der Waals surface area contributed by atoms with Gasteiger partial charge in [0.15, 0.2) is 0 Å². The molecule has 0 saturated heterocycles. The zero-order valence-electron chi connectivity index (χ0n) is 18.3. The van der Waals surface area contributed by atoms with E-state index in [-0.39, 0.29) is 11.9 Å². The number of aryl methyl sites for hydroxylation is 2. The molecule has 1 unspecified atom stereocenters. The van der Waals surface area contributed by atoms with Crippen molar-refractivity contribution in [2.24, 2.45) is 5.73 Å². The number of aromatic amines is 1. The lowest BCUT2D eigenvalue weighted by Crippen LogP contribution is -2.31. The highest BCUT2D eigenvalue weighted by atomic mass is 16.5. The number of carbonyl (C=O) groups excluding carboxylic acids is 1. The summed E-state index contributed by atoms with van der Waals surface area (Å²) in [5.41, 5.74) is 13.3. The number of carbonyl (C=O) groups is 1. The van der Waals surface area contributed by atoms with Crippen molar-refractivity contribution in [2.75, 3.05) is 13.2 Å². The third kappa shape index (κ3) is 3.95. The summed E-state index contributed by atoms with van der Waals surface area (Å²) in [6, 6.07) is 12.8. The topological polar surface area (TPSA) is 68.1 Å². The molecule has 4 nitrogen and oxygen atoms in total. The zero-order valence-corrected chi connectivity index (χ0v) is 18.3. The van der Waals surface area contributed by atoms with E-state index < -0.39 is 5.41 Å². The van der Waals surface area contributed by atoms with Gasteiger partial charge >= 0.3 is 5.97 Å². The maximum absolute atomic E-state index is 12.5. The van der Waals surface area contributed by atoms with Crippen molar-refractivity contribution in [3.8, 4) is 11.3 Å². The summed E-state index contributed by atoms with van der Waals surface area (Å²) in [4.78, 5) is 16.1. The molecule has 154 valence electrons. The SMILES string of the molecule is CCOC(=O)C(C)(C)c1ccc2[nH]c(-c3cc(C)cc(C)c3)c(C(C)CN)c2c1. The van der Waals surface area contributed by atoms with Crippen LogP contribution in [0.25, 0.3) is 22.2 Å². The fraction of sp³-hybridized carbons (Fsp3) is 0.400. The minimum atomic E-state index is -0.717. The Morgan fingerprint density at radius 1 is 1.14 bits per heavy atom. The van der Waals surface area contributed by atoms with E-state index in [9.17, 15) is 4.79 Å². The van der Waals surface area contributed by atoms with Crippen molar-refractivity contribution >= 4 is 16.9 Å². The average molecular weight is 393 g/mol. The minimum Gasteiger partial charge on any atom is -0.465 e. The summed E-state index contributed by atoms with van der Waals surface area (Å²) < 4.78 is 5.31. The monoisotopic (exact) mass is 392 g/mol. The standard InChI is InChI=1S/C25H32N2O2/c1-7-29-24(28)25(5,6)19-8-9-21-20(13-19)22(17(4)14-26)23(27-21)18-11-15(2)10-16(3)12-18/h8-13,17,27H,7,14,26H2,1-6H3. The first-order valence-electron chi connectivity index (χ1n) is 10.3. The number of benzene rings is 2. The Morgan fingerprint density at radius 3 is 2.38 bits per heavy atom. The van der Waals surface area contributed by atoms with Crippen molar-refractivity contribution in [3.05, 3.63) is 58.7 Å². The van der Waals surface area contributed by atoms with Crippen LogP contribution in [-0.2, 0) is 14.9 Å². The molecule has 3 N–H and O–H groups in total. The van der Waals surface area contributed by atoms with Gasteiger partial charge in [-0.2, -0.15) is 0 Å². The Bertz CT molecular complexity index is 1030. The summed E-state index contributed by atoms with van der Waals surface area (Å²) in [7, 11) is 0. The predicted molar refractivity (Wildman–Crippen MR) is 120 cm³/mol. The molecule has 3 rings (SSSR count). The second-order valence-electron chi connectivity index (χ2n) is 8.53. The molecule has 4 heteroatoms. The lowest BCUT2D eigenvalue weighted by Gasteiger charge is -2.23. The van der Waals surface area contributed by atoms with Gasteiger partial charge in [0.25, 0.3) is 0 Å². The van der Waals surface area contributed by atoms with Crippen LogP contribution >= 0.6 is 0 Å². The number of hydrogen-bond acceptors (Lipinski definition) is 3. The fourth-order valence-electron chi connectivity index (χ4n) is 4.01. The molecule has 0 aliphatic rings. The summed E-state index contributed by atoms with van der Waals surface area (Å²) in [5.74, 6) is -0.0293. The van der Waals surface area contributed by atoms with Gasteiger partial charge in [0, 0.05) is 10.9 Å². The lowest BCUT2D eigenvalue weighted by molar-refractivity contribution is -0.148. The van der Waals surface area contributed by atoms with Crippen molar-refractivity contribution in [2.45, 2.75) is 52.9 Å². The van der Waals surface area contributed by atoms with Crippen LogP contribution < -0.4 is 5.73 Å². The third-order valence-corrected chi connectivity index (χ3v) is 5.70. The van der Waals surface area contributed by atoms with E-state index in [0.717, 1.165) is 22.2 Å². The second kappa shape index (κ2) is 8.03. The number of nitrogens with one attached hydrogen (secondary N) is 1. The summed E-state index contributed by atoms with van der Waals surface area (Å²) >= 11 is 0. The highest BCUT2D eigenvalue weighted by Crippen LogP contribution is 2.38. The van der Waals surface area contributed by atoms with Crippen LogP contribution in [0.1, 0.15) is 55.9 Å². The molecule has 0 aliphatic carbocycles. The van der Waals surface area contributed by atoms with Crippen LogP contribution in [0.5, 0.6) is 0 Å². The van der Waals surface area contributed by atoms with Crippen molar-refractivity contribution < 1.29 is 9.53 Å². The maximum atomic E-state index is 12.5. The number of fused-ring (bicyclic) bond motifs is 1. The van der Waals surface area contributed by atoms with Crippen LogP contribution in [0.4, 0.5) is 0 Å². The van der Waals surface area contributed by atoms with Crippen molar-refractivity contribution in [1.82, 2.24) is 4.98 Å². The smallest absolute Gasteiger partial charge is 0.315 e. The fourth-order valence-corrected chi connectivity index (χ4v) is 4.01. The summed E-state index contributed by atoms with van der Waals surface area (Å²) in [6.45, 7) is 13.0. The van der Waals surface area contributed by atoms with Crippen LogP contribution in [0.2, 0.25) is 0 Å². The number of hydrogen-bond donors (Lipinski definition) is 2. The van der Waals surface area contributed by atoms with E-state index >= 15 is 0 Å². The minimum absolute atomic E-state index is 0.181. The molecule has 0 amide bonds. The average Bonchev–Trinajstić information content (AvgIpc) is 3.05. The van der Waals surface area contributed by atoms with E-state index in [0.29, 0.717) is 13.2 Å². The van der Waals surface area contributed by atoms with Crippen LogP contribution in [-0.4, -0.2) is 24.1 Å². The Hall–Kier alpha value is -2.59. The van der Waals surface area contributed by atoms with E-state index in [2.05, 4.69) is 56.1 Å². The van der Waals surface area contributed by atoms with Crippen LogP contribution in [0, 0.1) is 13.8 Å². The Balaban J connectivity index is 2.24. The van der Waals surface area contributed by atoms with Crippen molar-refractivity contribution in [3.63, 3.8) is 0 Å². The highest BCUT2D eigenvalue weighted by Gasteiger charge is 2.32. The molecule has 29 heavy (non-hydrogen) atoms. The van der Waals surface area contributed by atoms with Crippen molar-refractivity contribution in [1.29, 1.82) is 0 Å². The van der Waals surface area contributed by atoms with Gasteiger partial charge in [0.2, 0.25) is 0 Å². The van der Waals surface area contributed by atoms with Gasteiger partial charge in [-0.3, -0.25) is 4.79 Å².